The second-order valence-electron chi connectivity index (χ2n) is 1.87. The number of nitrogens with zero attached hydrogens (tertiary/aromatic N) is 1. The molecule has 1 aromatic heterocycles. The molecule has 0 aliphatic rings. The molecule has 1 aromatic rings. The maximum atomic E-state index is 10.5. The van der Waals surface area contributed by atoms with Crippen LogP contribution in [-0.4, -0.2) is 17.5 Å². The fraction of sp³-hybridized carbons (Fsp3) is 0.143. The van der Waals surface area contributed by atoms with Crippen LogP contribution in [0.25, 0.3) is 0 Å². The lowest BCUT2D eigenvalue weighted by Crippen LogP contribution is -1.86. The summed E-state index contributed by atoms with van der Waals surface area (Å²) in [4.78, 5) is 15.4. The fourth-order valence-electron chi connectivity index (χ4n) is 0.694. The number of carbonyl (C=O) groups is 1. The van der Waals surface area contributed by atoms with E-state index in [1.807, 2.05) is 6.26 Å². The van der Waals surface area contributed by atoms with Gasteiger partial charge in [-0.2, -0.15) is 0 Å². The van der Waals surface area contributed by atoms with Crippen molar-refractivity contribution < 1.29 is 4.79 Å². The summed E-state index contributed by atoms with van der Waals surface area (Å²) < 4.78 is 0.692. The number of halogens is 1. The van der Waals surface area contributed by atoms with Crippen molar-refractivity contribution in [3.8, 4) is 0 Å². The monoisotopic (exact) mass is 231 g/mol. The molecule has 0 saturated heterocycles. The van der Waals surface area contributed by atoms with E-state index in [2.05, 4.69) is 20.9 Å². The van der Waals surface area contributed by atoms with Crippen LogP contribution >= 0.6 is 27.7 Å². The van der Waals surface area contributed by atoms with Crippen molar-refractivity contribution in [3.05, 3.63) is 22.4 Å². The molecule has 0 amide bonds. The molecule has 0 spiro atoms. The fourth-order valence-corrected chi connectivity index (χ4v) is 1.54. The Bertz CT molecular complexity index is 277. The van der Waals surface area contributed by atoms with E-state index >= 15 is 0 Å². The third-order valence-electron chi connectivity index (χ3n) is 1.21. The van der Waals surface area contributed by atoms with Gasteiger partial charge in [0.1, 0.15) is 4.60 Å². The van der Waals surface area contributed by atoms with Crippen LogP contribution in [0.5, 0.6) is 0 Å². The first kappa shape index (κ1) is 8.74. The Morgan fingerprint density at radius 1 is 1.73 bits per heavy atom. The van der Waals surface area contributed by atoms with Crippen molar-refractivity contribution >= 4 is 34.0 Å². The average Bonchev–Trinajstić information content (AvgIpc) is 2.04. The summed E-state index contributed by atoms with van der Waals surface area (Å²) in [6.07, 6.45) is 4.43. The van der Waals surface area contributed by atoms with Crippen molar-refractivity contribution in [1.82, 2.24) is 4.98 Å². The quantitative estimate of drug-likeness (QED) is 0.445. The molecular formula is C7H6BrNOS. The standard InChI is InChI=1S/C7H6BrNOS/c1-11-6-3-9-7(8)2-5(6)4-10/h2-4H,1H3. The van der Waals surface area contributed by atoms with E-state index in [0.717, 1.165) is 11.2 Å². The third-order valence-corrected chi connectivity index (χ3v) is 2.43. The van der Waals surface area contributed by atoms with E-state index in [1.165, 1.54) is 11.8 Å². The number of rotatable bonds is 2. The third kappa shape index (κ3) is 2.04. The predicted octanol–water partition coefficient (Wildman–Crippen LogP) is 2.38. The minimum Gasteiger partial charge on any atom is -0.298 e. The van der Waals surface area contributed by atoms with Crippen LogP contribution in [0.1, 0.15) is 10.4 Å². The highest BCUT2D eigenvalue weighted by Gasteiger charge is 2.00. The summed E-state index contributed by atoms with van der Waals surface area (Å²) in [5, 5.41) is 0. The lowest BCUT2D eigenvalue weighted by atomic mass is 10.3. The van der Waals surface area contributed by atoms with Crippen molar-refractivity contribution in [1.29, 1.82) is 0 Å². The second-order valence-corrected chi connectivity index (χ2v) is 3.53. The Hall–Kier alpha value is -0.350. The molecule has 0 bridgehead atoms. The van der Waals surface area contributed by atoms with Gasteiger partial charge in [-0.05, 0) is 28.3 Å². The van der Waals surface area contributed by atoms with Gasteiger partial charge in [-0.1, -0.05) is 0 Å². The highest BCUT2D eigenvalue weighted by Crippen LogP contribution is 2.20. The average molecular weight is 232 g/mol. The lowest BCUT2D eigenvalue weighted by molar-refractivity contribution is 0.112. The number of pyridine rings is 1. The number of hydrogen-bond acceptors (Lipinski definition) is 3. The largest absolute Gasteiger partial charge is 0.298 e. The van der Waals surface area contributed by atoms with Crippen LogP contribution in [0, 0.1) is 0 Å². The Morgan fingerprint density at radius 2 is 2.45 bits per heavy atom. The molecule has 4 heteroatoms. The molecule has 0 saturated carbocycles. The Kier molecular flexibility index (Phi) is 3.08. The lowest BCUT2D eigenvalue weighted by Gasteiger charge is -1.98. The minimum atomic E-state index is 0.680. The van der Waals surface area contributed by atoms with Gasteiger partial charge in [0, 0.05) is 16.7 Å². The Balaban J connectivity index is 3.16. The van der Waals surface area contributed by atoms with Gasteiger partial charge in [0.25, 0.3) is 0 Å². The first-order valence-electron chi connectivity index (χ1n) is 2.92. The van der Waals surface area contributed by atoms with Crippen LogP contribution in [0.2, 0.25) is 0 Å². The Morgan fingerprint density at radius 3 is 3.00 bits per heavy atom. The maximum Gasteiger partial charge on any atom is 0.151 e. The molecule has 0 radical (unpaired) electrons. The highest BCUT2D eigenvalue weighted by molar-refractivity contribution is 9.10. The van der Waals surface area contributed by atoms with Crippen molar-refractivity contribution in [2.24, 2.45) is 0 Å². The molecule has 0 atom stereocenters. The molecule has 1 heterocycles. The van der Waals surface area contributed by atoms with Gasteiger partial charge in [-0.15, -0.1) is 11.8 Å². The molecule has 1 rings (SSSR count). The zero-order valence-electron chi connectivity index (χ0n) is 5.87. The van der Waals surface area contributed by atoms with E-state index in [9.17, 15) is 4.79 Å². The highest BCUT2D eigenvalue weighted by atomic mass is 79.9. The van der Waals surface area contributed by atoms with E-state index in [0.29, 0.717) is 10.2 Å². The normalized spacial score (nSPS) is 9.64. The van der Waals surface area contributed by atoms with Gasteiger partial charge in [0.15, 0.2) is 6.29 Å². The van der Waals surface area contributed by atoms with Crippen molar-refractivity contribution in [3.63, 3.8) is 0 Å². The maximum absolute atomic E-state index is 10.5. The topological polar surface area (TPSA) is 30.0 Å². The van der Waals surface area contributed by atoms with Crippen molar-refractivity contribution in [2.75, 3.05) is 6.26 Å². The molecule has 58 valence electrons. The molecule has 0 aliphatic carbocycles. The van der Waals surface area contributed by atoms with E-state index < -0.39 is 0 Å². The van der Waals surface area contributed by atoms with Gasteiger partial charge >= 0.3 is 0 Å². The second kappa shape index (κ2) is 3.88. The smallest absolute Gasteiger partial charge is 0.151 e. The zero-order chi connectivity index (χ0) is 8.27. The summed E-state index contributed by atoms with van der Waals surface area (Å²) >= 11 is 4.70. The summed E-state index contributed by atoms with van der Waals surface area (Å²) in [5.74, 6) is 0. The molecular weight excluding hydrogens is 226 g/mol. The van der Waals surface area contributed by atoms with Gasteiger partial charge in [0.05, 0.1) is 0 Å². The van der Waals surface area contributed by atoms with Gasteiger partial charge < -0.3 is 0 Å². The van der Waals surface area contributed by atoms with Crippen LogP contribution in [0.3, 0.4) is 0 Å². The summed E-state index contributed by atoms with van der Waals surface area (Å²) in [7, 11) is 0. The zero-order valence-corrected chi connectivity index (χ0v) is 8.28. The van der Waals surface area contributed by atoms with Crippen LogP contribution in [0.15, 0.2) is 21.8 Å². The minimum absolute atomic E-state index is 0.680. The van der Waals surface area contributed by atoms with E-state index in [-0.39, 0.29) is 0 Å². The predicted molar refractivity (Wildman–Crippen MR) is 49.1 cm³/mol. The molecule has 0 fully saturated rings. The molecule has 0 unspecified atom stereocenters. The molecule has 2 nitrogen and oxygen atoms in total. The number of carbonyl (C=O) groups excluding carboxylic acids is 1. The first-order chi connectivity index (χ1) is 5.27. The summed E-state index contributed by atoms with van der Waals surface area (Å²) in [5.41, 5.74) is 0.680. The number of aromatic nitrogens is 1. The molecule has 0 aliphatic heterocycles. The molecule has 0 aromatic carbocycles. The van der Waals surface area contributed by atoms with Crippen LogP contribution in [0.4, 0.5) is 0 Å². The van der Waals surface area contributed by atoms with E-state index in [1.54, 1.807) is 12.3 Å². The number of hydrogen-bond donors (Lipinski definition) is 0. The van der Waals surface area contributed by atoms with E-state index in [4.69, 9.17) is 0 Å². The molecule has 11 heavy (non-hydrogen) atoms. The number of aldehydes is 1. The Labute approximate surface area is 77.5 Å². The number of thioether (sulfide) groups is 1. The summed E-state index contributed by atoms with van der Waals surface area (Å²) in [6, 6.07) is 1.71. The van der Waals surface area contributed by atoms with Crippen LogP contribution in [-0.2, 0) is 0 Å². The SMILES string of the molecule is CSc1cnc(Br)cc1C=O. The molecule has 0 N–H and O–H groups in total. The van der Waals surface area contributed by atoms with Gasteiger partial charge in [-0.3, -0.25) is 4.79 Å². The summed E-state index contributed by atoms with van der Waals surface area (Å²) in [6.45, 7) is 0. The van der Waals surface area contributed by atoms with Crippen molar-refractivity contribution in [2.45, 2.75) is 4.90 Å². The van der Waals surface area contributed by atoms with Gasteiger partial charge in [-0.25, -0.2) is 4.98 Å². The van der Waals surface area contributed by atoms with Gasteiger partial charge in [0.2, 0.25) is 0 Å². The van der Waals surface area contributed by atoms with Crippen LogP contribution < -0.4 is 0 Å². The first-order valence-corrected chi connectivity index (χ1v) is 4.94.